The van der Waals surface area contributed by atoms with Crippen molar-refractivity contribution in [3.63, 3.8) is 0 Å². The van der Waals surface area contributed by atoms with Crippen molar-refractivity contribution in [1.82, 2.24) is 4.98 Å². The molecule has 0 saturated heterocycles. The fraction of sp³-hybridized carbons (Fsp3) is 0. The molecule has 5 heteroatoms. The van der Waals surface area contributed by atoms with Crippen molar-refractivity contribution in [1.29, 1.82) is 5.26 Å². The lowest BCUT2D eigenvalue weighted by Crippen LogP contribution is -1.89. The van der Waals surface area contributed by atoms with Gasteiger partial charge >= 0.3 is 0 Å². The van der Waals surface area contributed by atoms with Crippen LogP contribution in [0.4, 0.5) is 4.39 Å². The first-order chi connectivity index (χ1) is 7.13. The lowest BCUT2D eigenvalue weighted by atomic mass is 10.1. The smallest absolute Gasteiger partial charge is 0.149 e. The van der Waals surface area contributed by atoms with Crippen LogP contribution >= 0.6 is 23.2 Å². The van der Waals surface area contributed by atoms with Crippen LogP contribution in [0.1, 0.15) is 5.56 Å². The second-order valence-electron chi connectivity index (χ2n) is 2.86. The third-order valence-corrected chi connectivity index (χ3v) is 2.62. The molecule has 74 valence electrons. The number of nitrogens with zero attached hydrogens (tertiary/aromatic N) is 2. The Balaban J connectivity index is 2.92. The minimum atomic E-state index is -0.424. The summed E-state index contributed by atoms with van der Waals surface area (Å²) in [6.45, 7) is 0. The Morgan fingerprint density at radius 1 is 1.33 bits per heavy atom. The minimum Gasteiger partial charge on any atom is -0.234 e. The number of fused-ring (bicyclic) bond motifs is 1. The third kappa shape index (κ3) is 1.63. The molecule has 1 aromatic carbocycles. The number of hydrogen-bond acceptors (Lipinski definition) is 2. The van der Waals surface area contributed by atoms with E-state index in [-0.39, 0.29) is 15.7 Å². The first-order valence-electron chi connectivity index (χ1n) is 3.98. The van der Waals surface area contributed by atoms with Gasteiger partial charge in [-0.05, 0) is 12.1 Å². The van der Waals surface area contributed by atoms with Crippen LogP contribution in [0.2, 0.25) is 10.2 Å². The number of hydrogen-bond donors (Lipinski definition) is 0. The van der Waals surface area contributed by atoms with Gasteiger partial charge in [0.15, 0.2) is 0 Å². The van der Waals surface area contributed by atoms with E-state index in [2.05, 4.69) is 4.98 Å². The summed E-state index contributed by atoms with van der Waals surface area (Å²) in [4.78, 5) is 3.89. The zero-order chi connectivity index (χ0) is 11.0. The highest BCUT2D eigenvalue weighted by molar-refractivity contribution is 6.39. The van der Waals surface area contributed by atoms with Crippen molar-refractivity contribution in [3.8, 4) is 6.07 Å². The van der Waals surface area contributed by atoms with Crippen LogP contribution in [0.5, 0.6) is 0 Å². The fourth-order valence-corrected chi connectivity index (χ4v) is 1.83. The average Bonchev–Trinajstić information content (AvgIpc) is 2.17. The molecule has 1 aromatic heterocycles. The van der Waals surface area contributed by atoms with Gasteiger partial charge in [0.2, 0.25) is 0 Å². The highest BCUT2D eigenvalue weighted by Gasteiger charge is 2.12. The molecule has 1 heterocycles. The Kier molecular flexibility index (Phi) is 2.47. The SMILES string of the molecule is N#Cc1c(Cl)nc2cc(F)ccc2c1Cl. The van der Waals surface area contributed by atoms with E-state index in [9.17, 15) is 4.39 Å². The van der Waals surface area contributed by atoms with Crippen molar-refractivity contribution >= 4 is 34.1 Å². The predicted molar refractivity (Wildman–Crippen MR) is 56.4 cm³/mol. The molecule has 2 aromatic rings. The molecule has 2 rings (SSSR count). The van der Waals surface area contributed by atoms with E-state index in [1.165, 1.54) is 18.2 Å². The van der Waals surface area contributed by atoms with E-state index in [0.717, 1.165) is 0 Å². The van der Waals surface area contributed by atoms with E-state index in [0.29, 0.717) is 10.9 Å². The maximum atomic E-state index is 12.9. The summed E-state index contributed by atoms with van der Waals surface area (Å²) in [6, 6.07) is 5.79. The second kappa shape index (κ2) is 3.65. The van der Waals surface area contributed by atoms with E-state index in [1.807, 2.05) is 6.07 Å². The topological polar surface area (TPSA) is 36.7 Å². The molecule has 0 bridgehead atoms. The number of aromatic nitrogens is 1. The Hall–Kier alpha value is -1.37. The molecule has 0 fully saturated rings. The van der Waals surface area contributed by atoms with Gasteiger partial charge in [0.25, 0.3) is 0 Å². The maximum Gasteiger partial charge on any atom is 0.149 e. The van der Waals surface area contributed by atoms with E-state index in [1.54, 1.807) is 0 Å². The van der Waals surface area contributed by atoms with Crippen LogP contribution in [0, 0.1) is 17.1 Å². The summed E-state index contributed by atoms with van der Waals surface area (Å²) >= 11 is 11.7. The molecule has 0 N–H and O–H groups in total. The molecular formula is C10H3Cl2FN2. The van der Waals surface area contributed by atoms with Gasteiger partial charge in [-0.2, -0.15) is 5.26 Å². The highest BCUT2D eigenvalue weighted by atomic mass is 35.5. The molecule has 0 amide bonds. The van der Waals surface area contributed by atoms with E-state index < -0.39 is 5.82 Å². The van der Waals surface area contributed by atoms with Crippen molar-refractivity contribution in [2.75, 3.05) is 0 Å². The Morgan fingerprint density at radius 2 is 2.07 bits per heavy atom. The van der Waals surface area contributed by atoms with Crippen LogP contribution < -0.4 is 0 Å². The zero-order valence-electron chi connectivity index (χ0n) is 7.26. The molecule has 2 nitrogen and oxygen atoms in total. The summed E-state index contributed by atoms with van der Waals surface area (Å²) in [5.74, 6) is -0.424. The largest absolute Gasteiger partial charge is 0.234 e. The van der Waals surface area contributed by atoms with Gasteiger partial charge in [0.05, 0.1) is 10.5 Å². The quantitative estimate of drug-likeness (QED) is 0.661. The van der Waals surface area contributed by atoms with E-state index >= 15 is 0 Å². The number of benzene rings is 1. The number of halogens is 3. The van der Waals surface area contributed by atoms with Gasteiger partial charge in [0, 0.05) is 11.5 Å². The monoisotopic (exact) mass is 240 g/mol. The van der Waals surface area contributed by atoms with Gasteiger partial charge in [-0.3, -0.25) is 0 Å². The summed E-state index contributed by atoms with van der Waals surface area (Å²) < 4.78 is 12.9. The summed E-state index contributed by atoms with van der Waals surface area (Å²) in [6.07, 6.45) is 0. The van der Waals surface area contributed by atoms with Crippen LogP contribution in [0.3, 0.4) is 0 Å². The minimum absolute atomic E-state index is 0.0133. The lowest BCUT2D eigenvalue weighted by molar-refractivity contribution is 0.629. The predicted octanol–water partition coefficient (Wildman–Crippen LogP) is 3.55. The molecule has 0 aliphatic heterocycles. The lowest BCUT2D eigenvalue weighted by Gasteiger charge is -2.03. The molecule has 0 atom stereocenters. The molecule has 0 unspecified atom stereocenters. The van der Waals surface area contributed by atoms with E-state index in [4.69, 9.17) is 28.5 Å². The second-order valence-corrected chi connectivity index (χ2v) is 3.60. The first-order valence-corrected chi connectivity index (χ1v) is 4.73. The Bertz CT molecular complexity index is 590. The number of nitriles is 1. The molecule has 0 spiro atoms. The molecule has 0 aliphatic rings. The standard InChI is InChI=1S/C10H3Cl2FN2/c11-9-6-2-1-5(13)3-8(6)15-10(12)7(9)4-14/h1-3H. The Labute approximate surface area is 94.9 Å². The van der Waals surface area contributed by atoms with Gasteiger partial charge < -0.3 is 0 Å². The van der Waals surface area contributed by atoms with Gasteiger partial charge in [0.1, 0.15) is 22.6 Å². The molecular weight excluding hydrogens is 238 g/mol. The summed E-state index contributed by atoms with van der Waals surface area (Å²) in [5.41, 5.74) is 0.446. The van der Waals surface area contributed by atoms with Crippen molar-refractivity contribution in [3.05, 3.63) is 39.8 Å². The van der Waals surface area contributed by atoms with Gasteiger partial charge in [-0.15, -0.1) is 0 Å². The summed E-state index contributed by atoms with van der Waals surface area (Å²) in [7, 11) is 0. The molecule has 0 aliphatic carbocycles. The highest BCUT2D eigenvalue weighted by Crippen LogP contribution is 2.30. The van der Waals surface area contributed by atoms with Gasteiger partial charge in [-0.1, -0.05) is 23.2 Å². The van der Waals surface area contributed by atoms with Crippen molar-refractivity contribution in [2.45, 2.75) is 0 Å². The summed E-state index contributed by atoms with van der Waals surface area (Å²) in [5, 5.41) is 9.48. The maximum absolute atomic E-state index is 12.9. The molecule has 0 radical (unpaired) electrons. The average molecular weight is 241 g/mol. The van der Waals surface area contributed by atoms with Crippen molar-refractivity contribution < 1.29 is 4.39 Å². The zero-order valence-corrected chi connectivity index (χ0v) is 8.77. The van der Waals surface area contributed by atoms with Crippen LogP contribution in [-0.4, -0.2) is 4.98 Å². The number of rotatable bonds is 0. The van der Waals surface area contributed by atoms with Crippen LogP contribution in [0.15, 0.2) is 18.2 Å². The van der Waals surface area contributed by atoms with Gasteiger partial charge in [-0.25, -0.2) is 9.37 Å². The fourth-order valence-electron chi connectivity index (χ4n) is 1.26. The third-order valence-electron chi connectivity index (χ3n) is 1.95. The first kappa shape index (κ1) is 10.2. The van der Waals surface area contributed by atoms with Crippen LogP contribution in [0.25, 0.3) is 10.9 Å². The normalized spacial score (nSPS) is 10.3. The van der Waals surface area contributed by atoms with Crippen LogP contribution in [-0.2, 0) is 0 Å². The Morgan fingerprint density at radius 3 is 2.73 bits per heavy atom. The number of pyridine rings is 1. The van der Waals surface area contributed by atoms with Crippen molar-refractivity contribution in [2.24, 2.45) is 0 Å². The molecule has 15 heavy (non-hydrogen) atoms. The molecule has 0 saturated carbocycles.